The Labute approximate surface area is 142 Å². The highest BCUT2D eigenvalue weighted by Crippen LogP contribution is 2.29. The molecule has 1 atom stereocenters. The van der Waals surface area contributed by atoms with Crippen molar-refractivity contribution in [3.05, 3.63) is 47.8 Å². The highest BCUT2D eigenvalue weighted by atomic mass is 19.4. The number of nitrogens with zero attached hydrogens (tertiary/aromatic N) is 2. The third-order valence-electron chi connectivity index (χ3n) is 4.03. The van der Waals surface area contributed by atoms with Gasteiger partial charge in [-0.2, -0.15) is 18.3 Å². The Hall–Kier alpha value is -2.35. The molecule has 1 saturated heterocycles. The van der Waals surface area contributed by atoms with Crippen molar-refractivity contribution in [3.8, 4) is 0 Å². The minimum absolute atomic E-state index is 0.118. The molecule has 5 nitrogen and oxygen atoms in total. The number of amides is 1. The maximum atomic E-state index is 12.5. The Kier molecular flexibility index (Phi) is 5.08. The zero-order chi connectivity index (χ0) is 17.9. The Morgan fingerprint density at radius 1 is 1.28 bits per heavy atom. The van der Waals surface area contributed by atoms with Crippen LogP contribution in [0.1, 0.15) is 35.2 Å². The molecule has 2 aromatic rings. The van der Waals surface area contributed by atoms with E-state index in [0.717, 1.165) is 50.1 Å². The summed E-state index contributed by atoms with van der Waals surface area (Å²) in [7, 11) is 0. The van der Waals surface area contributed by atoms with Crippen LogP contribution in [0.15, 0.2) is 36.7 Å². The van der Waals surface area contributed by atoms with E-state index >= 15 is 0 Å². The van der Waals surface area contributed by atoms with Gasteiger partial charge < -0.3 is 10.1 Å². The summed E-state index contributed by atoms with van der Waals surface area (Å²) in [6.07, 6.45) is 2.06. The molecule has 1 aromatic carbocycles. The summed E-state index contributed by atoms with van der Waals surface area (Å²) in [4.78, 5) is 12.1. The number of carbonyl (C=O) groups excluding carboxylic acids is 1. The fraction of sp³-hybridized carbons (Fsp3) is 0.412. The molecule has 3 rings (SSSR count). The maximum Gasteiger partial charge on any atom is 0.416 e. The summed E-state index contributed by atoms with van der Waals surface area (Å²) in [5.41, 5.74) is -0.151. The van der Waals surface area contributed by atoms with Gasteiger partial charge >= 0.3 is 6.18 Å². The molecule has 0 radical (unpaired) electrons. The predicted molar refractivity (Wildman–Crippen MR) is 85.2 cm³/mol. The minimum atomic E-state index is -4.42. The standard InChI is InChI=1S/C17H18F3N3O2/c18-17(19,20)13-6-4-12(5-7-13)16(24)22-14-9-21-23(10-14)11-15-3-1-2-8-25-15/h4-7,9-10,15H,1-3,8,11H2,(H,22,24). The van der Waals surface area contributed by atoms with Crippen LogP contribution in [0.5, 0.6) is 0 Å². The largest absolute Gasteiger partial charge is 0.416 e. The van der Waals surface area contributed by atoms with E-state index in [-0.39, 0.29) is 11.7 Å². The summed E-state index contributed by atoms with van der Waals surface area (Å²) < 4.78 is 45.0. The minimum Gasteiger partial charge on any atom is -0.376 e. The SMILES string of the molecule is O=C(Nc1cnn(CC2CCCCO2)c1)c1ccc(C(F)(F)F)cc1. The lowest BCUT2D eigenvalue weighted by molar-refractivity contribution is -0.137. The molecule has 2 heterocycles. The van der Waals surface area contributed by atoms with Gasteiger partial charge in [0, 0.05) is 18.4 Å². The monoisotopic (exact) mass is 353 g/mol. The molecule has 1 aromatic heterocycles. The molecule has 25 heavy (non-hydrogen) atoms. The molecule has 0 bridgehead atoms. The van der Waals surface area contributed by atoms with Crippen molar-refractivity contribution in [2.75, 3.05) is 11.9 Å². The molecule has 0 aliphatic carbocycles. The summed E-state index contributed by atoms with van der Waals surface area (Å²) in [6.45, 7) is 1.36. The first kappa shape index (κ1) is 17.5. The van der Waals surface area contributed by atoms with Gasteiger partial charge in [0.15, 0.2) is 0 Å². The van der Waals surface area contributed by atoms with Gasteiger partial charge in [-0.3, -0.25) is 9.48 Å². The molecule has 0 saturated carbocycles. The number of ether oxygens (including phenoxy) is 1. The molecule has 1 fully saturated rings. The van der Waals surface area contributed by atoms with Gasteiger partial charge in [-0.1, -0.05) is 0 Å². The molecule has 1 N–H and O–H groups in total. The van der Waals surface area contributed by atoms with Gasteiger partial charge in [-0.15, -0.1) is 0 Å². The van der Waals surface area contributed by atoms with Crippen molar-refractivity contribution < 1.29 is 22.7 Å². The average molecular weight is 353 g/mol. The molecule has 0 spiro atoms. The molecule has 1 amide bonds. The van der Waals surface area contributed by atoms with E-state index in [0.29, 0.717) is 12.2 Å². The number of hydrogen-bond donors (Lipinski definition) is 1. The normalized spacial score (nSPS) is 18.1. The zero-order valence-electron chi connectivity index (χ0n) is 13.4. The zero-order valence-corrected chi connectivity index (χ0v) is 13.4. The van der Waals surface area contributed by atoms with E-state index < -0.39 is 17.6 Å². The second-order valence-electron chi connectivity index (χ2n) is 5.97. The summed E-state index contributed by atoms with van der Waals surface area (Å²) in [5, 5.41) is 6.81. The number of alkyl halides is 3. The summed E-state index contributed by atoms with van der Waals surface area (Å²) >= 11 is 0. The Morgan fingerprint density at radius 3 is 2.68 bits per heavy atom. The lowest BCUT2D eigenvalue weighted by atomic mass is 10.1. The first-order valence-electron chi connectivity index (χ1n) is 8.04. The van der Waals surface area contributed by atoms with Crippen LogP contribution >= 0.6 is 0 Å². The van der Waals surface area contributed by atoms with Gasteiger partial charge in [0.2, 0.25) is 0 Å². The topological polar surface area (TPSA) is 56.2 Å². The van der Waals surface area contributed by atoms with Crippen molar-refractivity contribution >= 4 is 11.6 Å². The van der Waals surface area contributed by atoms with Gasteiger partial charge in [-0.05, 0) is 43.5 Å². The van der Waals surface area contributed by atoms with E-state index in [1.807, 2.05) is 0 Å². The van der Waals surface area contributed by atoms with E-state index in [4.69, 9.17) is 4.74 Å². The van der Waals surface area contributed by atoms with Crippen LogP contribution in [0.2, 0.25) is 0 Å². The first-order chi connectivity index (χ1) is 11.9. The van der Waals surface area contributed by atoms with Gasteiger partial charge in [0.1, 0.15) is 0 Å². The predicted octanol–water partition coefficient (Wildman–Crippen LogP) is 3.72. The number of hydrogen-bond acceptors (Lipinski definition) is 3. The van der Waals surface area contributed by atoms with E-state index in [1.54, 1.807) is 10.9 Å². The van der Waals surface area contributed by atoms with Crippen molar-refractivity contribution in [1.82, 2.24) is 9.78 Å². The van der Waals surface area contributed by atoms with Crippen LogP contribution in [0.3, 0.4) is 0 Å². The molecule has 1 aliphatic rings. The van der Waals surface area contributed by atoms with E-state index in [2.05, 4.69) is 10.4 Å². The van der Waals surface area contributed by atoms with Gasteiger partial charge in [0.25, 0.3) is 5.91 Å². The Balaban J connectivity index is 1.59. The van der Waals surface area contributed by atoms with Crippen LogP contribution in [0.4, 0.5) is 18.9 Å². The lowest BCUT2D eigenvalue weighted by Gasteiger charge is -2.22. The quantitative estimate of drug-likeness (QED) is 0.911. The van der Waals surface area contributed by atoms with Crippen LogP contribution < -0.4 is 5.32 Å². The fourth-order valence-electron chi connectivity index (χ4n) is 2.70. The van der Waals surface area contributed by atoms with Crippen LogP contribution in [0, 0.1) is 0 Å². The number of aromatic nitrogens is 2. The van der Waals surface area contributed by atoms with Crippen LogP contribution in [-0.2, 0) is 17.5 Å². The Morgan fingerprint density at radius 2 is 2.04 bits per heavy atom. The van der Waals surface area contributed by atoms with Crippen molar-refractivity contribution in [1.29, 1.82) is 0 Å². The number of benzene rings is 1. The highest BCUT2D eigenvalue weighted by molar-refractivity contribution is 6.04. The highest BCUT2D eigenvalue weighted by Gasteiger charge is 2.30. The number of rotatable bonds is 4. The van der Waals surface area contributed by atoms with Gasteiger partial charge in [0.05, 0.1) is 30.1 Å². The first-order valence-corrected chi connectivity index (χ1v) is 8.04. The Bertz CT molecular complexity index is 719. The lowest BCUT2D eigenvalue weighted by Crippen LogP contribution is -2.24. The fourth-order valence-corrected chi connectivity index (χ4v) is 2.70. The molecule has 1 unspecified atom stereocenters. The molecular formula is C17H18F3N3O2. The average Bonchev–Trinajstić information content (AvgIpc) is 3.02. The summed E-state index contributed by atoms with van der Waals surface area (Å²) in [5.74, 6) is -0.484. The molecule has 8 heteroatoms. The second kappa shape index (κ2) is 7.26. The maximum absolute atomic E-state index is 12.5. The molecular weight excluding hydrogens is 335 g/mol. The van der Waals surface area contributed by atoms with E-state index in [9.17, 15) is 18.0 Å². The number of halogens is 3. The molecule has 1 aliphatic heterocycles. The third-order valence-corrected chi connectivity index (χ3v) is 4.03. The van der Waals surface area contributed by atoms with Gasteiger partial charge in [-0.25, -0.2) is 0 Å². The summed E-state index contributed by atoms with van der Waals surface area (Å²) in [6, 6.07) is 4.08. The number of carbonyl (C=O) groups is 1. The molecule has 134 valence electrons. The van der Waals surface area contributed by atoms with Crippen LogP contribution in [-0.4, -0.2) is 28.4 Å². The van der Waals surface area contributed by atoms with Crippen LogP contribution in [0.25, 0.3) is 0 Å². The third kappa shape index (κ3) is 4.60. The van der Waals surface area contributed by atoms with Crippen molar-refractivity contribution in [2.45, 2.75) is 38.1 Å². The van der Waals surface area contributed by atoms with Crippen molar-refractivity contribution in [3.63, 3.8) is 0 Å². The number of nitrogens with one attached hydrogen (secondary N) is 1. The smallest absolute Gasteiger partial charge is 0.376 e. The van der Waals surface area contributed by atoms with E-state index in [1.165, 1.54) is 6.20 Å². The van der Waals surface area contributed by atoms with Crippen molar-refractivity contribution in [2.24, 2.45) is 0 Å². The number of anilines is 1. The second-order valence-corrected chi connectivity index (χ2v) is 5.97.